The molecule has 0 aliphatic heterocycles. The molecule has 0 saturated carbocycles. The molecule has 0 rings (SSSR count). The maximum atomic E-state index is 5.82. The van der Waals surface area contributed by atoms with E-state index in [1.165, 1.54) is 0 Å². The highest BCUT2D eigenvalue weighted by Crippen LogP contribution is 2.26. The molecule has 0 amide bonds. The smallest absolute Gasteiger partial charge is 0.0806 e. The Balaban J connectivity index is 4.39. The summed E-state index contributed by atoms with van der Waals surface area (Å²) in [7, 11) is 1.71. The first-order valence-corrected chi connectivity index (χ1v) is 5.18. The lowest BCUT2D eigenvalue weighted by atomic mass is 9.90. The van der Waals surface area contributed by atoms with Gasteiger partial charge in [0.25, 0.3) is 0 Å². The third kappa shape index (κ3) is 4.94. The summed E-state index contributed by atoms with van der Waals surface area (Å²) in [5.74, 6) is 0. The van der Waals surface area contributed by atoms with Crippen LogP contribution in [-0.2, 0) is 9.47 Å². The molecule has 0 saturated heterocycles. The van der Waals surface area contributed by atoms with Gasteiger partial charge in [-0.25, -0.2) is 0 Å². The van der Waals surface area contributed by atoms with E-state index in [0.717, 1.165) is 6.42 Å². The molecule has 14 heavy (non-hydrogen) atoms. The molecule has 0 aromatic heterocycles. The fraction of sp³-hybridized carbons (Fsp3) is 1.00. The minimum absolute atomic E-state index is 0.191. The summed E-state index contributed by atoms with van der Waals surface area (Å²) in [6.07, 6.45) is 0.988. The van der Waals surface area contributed by atoms with Crippen molar-refractivity contribution in [3.63, 3.8) is 0 Å². The van der Waals surface area contributed by atoms with Crippen molar-refractivity contribution in [3.8, 4) is 0 Å². The molecule has 0 bridgehead atoms. The Bertz CT molecular complexity index is 169. The van der Waals surface area contributed by atoms with Crippen LogP contribution < -0.4 is 5.73 Å². The van der Waals surface area contributed by atoms with Crippen molar-refractivity contribution in [3.05, 3.63) is 0 Å². The second kappa shape index (κ2) is 5.10. The standard InChI is InChI=1S/C11H25NO2/c1-9(2)14-11(5,8-12)7-10(3,4)13-6/h9H,7-8,12H2,1-6H3. The minimum Gasteiger partial charge on any atom is -0.379 e. The molecule has 0 heterocycles. The fourth-order valence-corrected chi connectivity index (χ4v) is 1.70. The Morgan fingerprint density at radius 2 is 1.71 bits per heavy atom. The van der Waals surface area contributed by atoms with Gasteiger partial charge in [0.1, 0.15) is 0 Å². The summed E-state index contributed by atoms with van der Waals surface area (Å²) in [5, 5.41) is 0. The van der Waals surface area contributed by atoms with E-state index >= 15 is 0 Å². The second-order valence-electron chi connectivity index (χ2n) is 4.96. The Labute approximate surface area is 88.0 Å². The number of ether oxygens (including phenoxy) is 2. The Morgan fingerprint density at radius 3 is 2.00 bits per heavy atom. The predicted octanol–water partition coefficient (Wildman–Crippen LogP) is 1.94. The topological polar surface area (TPSA) is 44.5 Å². The van der Waals surface area contributed by atoms with Gasteiger partial charge in [0.15, 0.2) is 0 Å². The summed E-state index contributed by atoms with van der Waals surface area (Å²) in [5.41, 5.74) is 5.25. The van der Waals surface area contributed by atoms with Gasteiger partial charge in [-0.2, -0.15) is 0 Å². The molecular formula is C11H25NO2. The van der Waals surface area contributed by atoms with Crippen molar-refractivity contribution in [1.82, 2.24) is 0 Å². The minimum atomic E-state index is -0.298. The SMILES string of the molecule is COC(C)(C)CC(C)(CN)OC(C)C. The normalized spacial score (nSPS) is 17.1. The van der Waals surface area contributed by atoms with E-state index in [0.29, 0.717) is 6.54 Å². The molecule has 2 N–H and O–H groups in total. The molecule has 1 unspecified atom stereocenters. The number of methoxy groups -OCH3 is 1. The van der Waals surface area contributed by atoms with E-state index < -0.39 is 0 Å². The Morgan fingerprint density at radius 1 is 1.21 bits per heavy atom. The average Bonchev–Trinajstić information content (AvgIpc) is 2.02. The molecule has 1 atom stereocenters. The van der Waals surface area contributed by atoms with Crippen LogP contribution in [0.4, 0.5) is 0 Å². The van der Waals surface area contributed by atoms with Crippen LogP contribution in [0, 0.1) is 0 Å². The largest absolute Gasteiger partial charge is 0.379 e. The molecule has 0 fully saturated rings. The third-order valence-corrected chi connectivity index (χ3v) is 2.30. The molecule has 0 aromatic carbocycles. The maximum Gasteiger partial charge on any atom is 0.0806 e. The molecule has 0 aliphatic rings. The van der Waals surface area contributed by atoms with Crippen molar-refractivity contribution < 1.29 is 9.47 Å². The van der Waals surface area contributed by atoms with E-state index in [1.54, 1.807) is 7.11 Å². The van der Waals surface area contributed by atoms with Gasteiger partial charge in [0.05, 0.1) is 17.3 Å². The van der Waals surface area contributed by atoms with Gasteiger partial charge < -0.3 is 15.2 Å². The summed E-state index contributed by atoms with van der Waals surface area (Å²) in [4.78, 5) is 0. The second-order valence-corrected chi connectivity index (χ2v) is 4.96. The van der Waals surface area contributed by atoms with Crippen LogP contribution in [0.25, 0.3) is 0 Å². The quantitative estimate of drug-likeness (QED) is 0.717. The van der Waals surface area contributed by atoms with Gasteiger partial charge in [-0.1, -0.05) is 0 Å². The third-order valence-electron chi connectivity index (χ3n) is 2.30. The highest BCUT2D eigenvalue weighted by molar-refractivity contribution is 4.85. The van der Waals surface area contributed by atoms with Gasteiger partial charge in [-0.05, 0) is 34.6 Å². The molecule has 86 valence electrons. The lowest BCUT2D eigenvalue weighted by molar-refractivity contribution is -0.112. The molecule has 0 radical (unpaired) electrons. The van der Waals surface area contributed by atoms with Crippen LogP contribution >= 0.6 is 0 Å². The highest BCUT2D eigenvalue weighted by Gasteiger charge is 2.33. The number of nitrogens with two attached hydrogens (primary N) is 1. The molecule has 3 nitrogen and oxygen atoms in total. The molecular weight excluding hydrogens is 178 g/mol. The highest BCUT2D eigenvalue weighted by atomic mass is 16.5. The van der Waals surface area contributed by atoms with E-state index in [2.05, 4.69) is 0 Å². The molecule has 3 heteroatoms. The van der Waals surface area contributed by atoms with Gasteiger partial charge in [-0.15, -0.1) is 0 Å². The van der Waals surface area contributed by atoms with Gasteiger partial charge in [-0.3, -0.25) is 0 Å². The van der Waals surface area contributed by atoms with Crippen molar-refractivity contribution in [2.45, 2.75) is 58.3 Å². The van der Waals surface area contributed by atoms with Crippen molar-refractivity contribution in [1.29, 1.82) is 0 Å². The first kappa shape index (κ1) is 13.9. The van der Waals surface area contributed by atoms with Crippen LogP contribution in [-0.4, -0.2) is 31.0 Å². The molecule has 0 aromatic rings. The van der Waals surface area contributed by atoms with Crippen LogP contribution in [0.5, 0.6) is 0 Å². The number of hydrogen-bond acceptors (Lipinski definition) is 3. The summed E-state index contributed by atoms with van der Waals surface area (Å²) in [6.45, 7) is 10.7. The fourth-order valence-electron chi connectivity index (χ4n) is 1.70. The zero-order valence-electron chi connectivity index (χ0n) is 10.4. The lowest BCUT2D eigenvalue weighted by Gasteiger charge is -2.37. The van der Waals surface area contributed by atoms with Crippen LogP contribution in [0.15, 0.2) is 0 Å². The zero-order chi connectivity index (χ0) is 11.4. The summed E-state index contributed by atoms with van der Waals surface area (Å²) in [6, 6.07) is 0. The van der Waals surface area contributed by atoms with Crippen LogP contribution in [0.3, 0.4) is 0 Å². The van der Waals surface area contributed by atoms with Crippen molar-refractivity contribution in [2.24, 2.45) is 5.73 Å². The van der Waals surface area contributed by atoms with Crippen molar-refractivity contribution >= 4 is 0 Å². The zero-order valence-corrected chi connectivity index (χ0v) is 10.4. The van der Waals surface area contributed by atoms with E-state index in [9.17, 15) is 0 Å². The van der Waals surface area contributed by atoms with E-state index in [-0.39, 0.29) is 17.3 Å². The monoisotopic (exact) mass is 203 g/mol. The summed E-state index contributed by atoms with van der Waals surface area (Å²) >= 11 is 0. The number of hydrogen-bond donors (Lipinski definition) is 1. The molecule has 0 spiro atoms. The van der Waals surface area contributed by atoms with E-state index in [4.69, 9.17) is 15.2 Å². The Hall–Kier alpha value is -0.120. The molecule has 0 aliphatic carbocycles. The lowest BCUT2D eigenvalue weighted by Crippen LogP contribution is -2.45. The Kier molecular flexibility index (Phi) is 5.06. The van der Waals surface area contributed by atoms with Gasteiger partial charge in [0, 0.05) is 20.1 Å². The van der Waals surface area contributed by atoms with Crippen LogP contribution in [0.2, 0.25) is 0 Å². The van der Waals surface area contributed by atoms with Gasteiger partial charge >= 0.3 is 0 Å². The van der Waals surface area contributed by atoms with Crippen molar-refractivity contribution in [2.75, 3.05) is 13.7 Å². The van der Waals surface area contributed by atoms with E-state index in [1.807, 2.05) is 34.6 Å². The number of rotatable bonds is 6. The maximum absolute atomic E-state index is 5.82. The average molecular weight is 203 g/mol. The van der Waals surface area contributed by atoms with Crippen LogP contribution in [0.1, 0.15) is 41.0 Å². The first-order valence-electron chi connectivity index (χ1n) is 5.18. The first-order chi connectivity index (χ1) is 6.24. The predicted molar refractivity (Wildman–Crippen MR) is 59.4 cm³/mol. The van der Waals surface area contributed by atoms with Gasteiger partial charge in [0.2, 0.25) is 0 Å². The summed E-state index contributed by atoms with van der Waals surface area (Å²) < 4.78 is 11.2.